The lowest BCUT2D eigenvalue weighted by Crippen LogP contribution is -2.22. The van der Waals surface area contributed by atoms with Crippen molar-refractivity contribution in [3.8, 4) is 0 Å². The Morgan fingerprint density at radius 2 is 1.57 bits per heavy atom. The Kier molecular flexibility index (Phi) is 4.63. The fourth-order valence-corrected chi connectivity index (χ4v) is 2.31. The highest BCUT2D eigenvalue weighted by atomic mass is 19.1. The molecule has 0 saturated carbocycles. The van der Waals surface area contributed by atoms with Gasteiger partial charge in [-0.2, -0.15) is 0 Å². The minimum Gasteiger partial charge on any atom is -0.313 e. The Hall–Kier alpha value is -1.88. The van der Waals surface area contributed by atoms with Gasteiger partial charge >= 0.3 is 0 Å². The molecule has 0 aliphatic carbocycles. The molecule has 2 aromatic rings. The van der Waals surface area contributed by atoms with Crippen molar-refractivity contribution in [2.75, 3.05) is 7.05 Å². The number of rotatable bonds is 4. The molecule has 1 nitrogen and oxygen atoms in total. The zero-order valence-corrected chi connectivity index (χ0v) is 11.7. The van der Waals surface area contributed by atoms with Gasteiger partial charge in [-0.3, -0.25) is 0 Å². The molecule has 1 N–H and O–H groups in total. The molecule has 1 unspecified atom stereocenters. The SMILES string of the molecule is CNC(Cc1cc(F)ccc1C)c1c(F)cc(F)cc1F. The van der Waals surface area contributed by atoms with Crippen LogP contribution in [0.1, 0.15) is 22.7 Å². The first kappa shape index (κ1) is 15.5. The normalized spacial score (nSPS) is 12.5. The van der Waals surface area contributed by atoms with Gasteiger partial charge in [0.25, 0.3) is 0 Å². The summed E-state index contributed by atoms with van der Waals surface area (Å²) in [6.45, 7) is 1.79. The van der Waals surface area contributed by atoms with Crippen molar-refractivity contribution in [3.63, 3.8) is 0 Å². The third kappa shape index (κ3) is 3.42. The van der Waals surface area contributed by atoms with Gasteiger partial charge in [0.1, 0.15) is 23.3 Å². The van der Waals surface area contributed by atoms with E-state index in [1.54, 1.807) is 20.0 Å². The maximum absolute atomic E-state index is 13.8. The summed E-state index contributed by atoms with van der Waals surface area (Å²) in [5, 5.41) is 2.79. The van der Waals surface area contributed by atoms with Crippen LogP contribution in [-0.2, 0) is 6.42 Å². The first-order chi connectivity index (χ1) is 9.92. The highest BCUT2D eigenvalue weighted by Crippen LogP contribution is 2.26. The first-order valence-corrected chi connectivity index (χ1v) is 6.49. The van der Waals surface area contributed by atoms with E-state index in [2.05, 4.69) is 5.32 Å². The lowest BCUT2D eigenvalue weighted by Gasteiger charge is -2.19. The number of benzene rings is 2. The standard InChI is InChI=1S/C16H15F4N/c1-9-3-4-11(17)5-10(9)6-15(21-2)16-13(19)7-12(18)8-14(16)20/h3-5,7-8,15,21H,6H2,1-2H3. The van der Waals surface area contributed by atoms with Gasteiger partial charge in [0.2, 0.25) is 0 Å². The van der Waals surface area contributed by atoms with Gasteiger partial charge in [0.05, 0.1) is 0 Å². The highest BCUT2D eigenvalue weighted by molar-refractivity contribution is 5.31. The Balaban J connectivity index is 2.39. The molecule has 0 aromatic heterocycles. The molecule has 0 radical (unpaired) electrons. The molecule has 1 atom stereocenters. The van der Waals surface area contributed by atoms with Crippen LogP contribution in [0.4, 0.5) is 17.6 Å². The number of nitrogens with one attached hydrogen (secondary N) is 1. The second-order valence-corrected chi connectivity index (χ2v) is 4.90. The predicted molar refractivity (Wildman–Crippen MR) is 73.0 cm³/mol. The molecular formula is C16H15F4N. The molecule has 0 spiro atoms. The summed E-state index contributed by atoms with van der Waals surface area (Å²) in [4.78, 5) is 0. The van der Waals surface area contributed by atoms with E-state index in [0.717, 1.165) is 5.56 Å². The van der Waals surface area contributed by atoms with Crippen molar-refractivity contribution >= 4 is 0 Å². The largest absolute Gasteiger partial charge is 0.313 e. The summed E-state index contributed by atoms with van der Waals surface area (Å²) in [7, 11) is 1.54. The summed E-state index contributed by atoms with van der Waals surface area (Å²) < 4.78 is 53.9. The van der Waals surface area contributed by atoms with Crippen molar-refractivity contribution in [1.82, 2.24) is 5.32 Å². The molecule has 0 fully saturated rings. The topological polar surface area (TPSA) is 12.0 Å². The van der Waals surface area contributed by atoms with Crippen LogP contribution in [0.15, 0.2) is 30.3 Å². The van der Waals surface area contributed by atoms with Crippen LogP contribution in [-0.4, -0.2) is 7.05 Å². The van der Waals surface area contributed by atoms with Crippen LogP contribution in [0.5, 0.6) is 0 Å². The van der Waals surface area contributed by atoms with Crippen LogP contribution in [0.3, 0.4) is 0 Å². The Bertz CT molecular complexity index is 632. The van der Waals surface area contributed by atoms with E-state index in [1.807, 2.05) is 0 Å². The summed E-state index contributed by atoms with van der Waals surface area (Å²) in [5.74, 6) is -3.29. The van der Waals surface area contributed by atoms with Crippen LogP contribution in [0.2, 0.25) is 0 Å². The third-order valence-corrected chi connectivity index (χ3v) is 3.48. The van der Waals surface area contributed by atoms with Crippen molar-refractivity contribution < 1.29 is 17.6 Å². The zero-order valence-electron chi connectivity index (χ0n) is 11.7. The quantitative estimate of drug-likeness (QED) is 0.839. The van der Waals surface area contributed by atoms with E-state index >= 15 is 0 Å². The van der Waals surface area contributed by atoms with Crippen LogP contribution < -0.4 is 5.32 Å². The molecule has 2 rings (SSSR count). The maximum Gasteiger partial charge on any atom is 0.133 e. The monoisotopic (exact) mass is 297 g/mol. The van der Waals surface area contributed by atoms with Crippen molar-refractivity contribution in [2.24, 2.45) is 0 Å². The third-order valence-electron chi connectivity index (χ3n) is 3.48. The minimum atomic E-state index is -0.967. The lowest BCUT2D eigenvalue weighted by atomic mass is 9.95. The molecule has 0 saturated heterocycles. The number of halogens is 4. The average Bonchev–Trinajstić information content (AvgIpc) is 2.40. The lowest BCUT2D eigenvalue weighted by molar-refractivity contribution is 0.474. The Morgan fingerprint density at radius 3 is 2.14 bits per heavy atom. The number of aryl methyl sites for hydroxylation is 1. The maximum atomic E-state index is 13.8. The molecule has 112 valence electrons. The summed E-state index contributed by atoms with van der Waals surface area (Å²) in [6, 6.07) is 4.83. The number of hydrogen-bond acceptors (Lipinski definition) is 1. The molecule has 0 heterocycles. The van der Waals surface area contributed by atoms with E-state index in [-0.39, 0.29) is 12.0 Å². The fourth-order valence-electron chi connectivity index (χ4n) is 2.31. The van der Waals surface area contributed by atoms with Crippen molar-refractivity contribution in [3.05, 3.63) is 70.3 Å². The van der Waals surface area contributed by atoms with Gasteiger partial charge in [-0.15, -0.1) is 0 Å². The van der Waals surface area contributed by atoms with Crippen LogP contribution in [0.25, 0.3) is 0 Å². The van der Waals surface area contributed by atoms with E-state index < -0.39 is 29.3 Å². The van der Waals surface area contributed by atoms with Gasteiger partial charge in [-0.25, -0.2) is 17.6 Å². The molecule has 0 amide bonds. The fraction of sp³-hybridized carbons (Fsp3) is 0.250. The molecule has 0 bridgehead atoms. The van der Waals surface area contributed by atoms with Crippen molar-refractivity contribution in [2.45, 2.75) is 19.4 Å². The molecular weight excluding hydrogens is 282 g/mol. The van der Waals surface area contributed by atoms with Gasteiger partial charge < -0.3 is 5.32 Å². The second-order valence-electron chi connectivity index (χ2n) is 4.90. The molecule has 5 heteroatoms. The minimum absolute atomic E-state index is 0.194. The molecule has 0 aliphatic rings. The van der Waals surface area contributed by atoms with Gasteiger partial charge in [0, 0.05) is 23.7 Å². The molecule has 0 aliphatic heterocycles. The van der Waals surface area contributed by atoms with E-state index in [9.17, 15) is 17.6 Å². The Morgan fingerprint density at radius 1 is 0.952 bits per heavy atom. The predicted octanol–water partition coefficient (Wildman–Crippen LogP) is 4.05. The number of hydrogen-bond donors (Lipinski definition) is 1. The highest BCUT2D eigenvalue weighted by Gasteiger charge is 2.21. The van der Waals surface area contributed by atoms with Crippen LogP contribution in [0, 0.1) is 30.2 Å². The van der Waals surface area contributed by atoms with E-state index in [0.29, 0.717) is 17.7 Å². The molecule has 21 heavy (non-hydrogen) atoms. The van der Waals surface area contributed by atoms with E-state index in [1.165, 1.54) is 12.1 Å². The summed E-state index contributed by atoms with van der Waals surface area (Å²) >= 11 is 0. The average molecular weight is 297 g/mol. The van der Waals surface area contributed by atoms with Gasteiger partial charge in [0.15, 0.2) is 0 Å². The smallest absolute Gasteiger partial charge is 0.133 e. The second kappa shape index (κ2) is 6.26. The van der Waals surface area contributed by atoms with Gasteiger partial charge in [-0.05, 0) is 43.7 Å². The summed E-state index contributed by atoms with van der Waals surface area (Å²) in [5.41, 5.74) is 1.21. The zero-order chi connectivity index (χ0) is 15.6. The first-order valence-electron chi connectivity index (χ1n) is 6.49. The van der Waals surface area contributed by atoms with E-state index in [4.69, 9.17) is 0 Å². The van der Waals surface area contributed by atoms with Crippen molar-refractivity contribution in [1.29, 1.82) is 0 Å². The summed E-state index contributed by atoms with van der Waals surface area (Å²) in [6.07, 6.45) is 0.194. The van der Waals surface area contributed by atoms with Crippen LogP contribution >= 0.6 is 0 Å². The van der Waals surface area contributed by atoms with Gasteiger partial charge in [-0.1, -0.05) is 6.07 Å². The number of likely N-dealkylation sites (N-methyl/N-ethyl adjacent to an activating group) is 1. The Labute approximate surface area is 120 Å². The molecule has 2 aromatic carbocycles.